The van der Waals surface area contributed by atoms with E-state index in [0.717, 1.165) is 5.69 Å². The fraction of sp³-hybridized carbons (Fsp3) is 0.450. The van der Waals surface area contributed by atoms with E-state index in [1.807, 2.05) is 40.1 Å². The number of hydrogen-bond donors (Lipinski definition) is 0. The Morgan fingerprint density at radius 1 is 1.26 bits per heavy atom. The standard InChI is InChI=1S/C20H25N5O2/c1-15(2)25(17-7-5-4-6-8-17)14-19(26)23-9-11-24(12-10-23)20-18(13-21)22-16(3)27-20/h4-8,15H,9-12,14H2,1-3H3. The van der Waals surface area contributed by atoms with Crippen molar-refractivity contribution in [2.24, 2.45) is 0 Å². The highest BCUT2D eigenvalue weighted by Gasteiger charge is 2.27. The number of nitrogens with zero attached hydrogens (tertiary/aromatic N) is 5. The van der Waals surface area contributed by atoms with Crippen molar-refractivity contribution in [1.29, 1.82) is 5.26 Å². The zero-order valence-electron chi connectivity index (χ0n) is 16.1. The molecule has 0 radical (unpaired) electrons. The topological polar surface area (TPSA) is 76.6 Å². The molecule has 0 saturated carbocycles. The minimum atomic E-state index is 0.112. The van der Waals surface area contributed by atoms with Crippen molar-refractivity contribution < 1.29 is 9.21 Å². The van der Waals surface area contributed by atoms with Crippen LogP contribution in [0, 0.1) is 18.3 Å². The van der Waals surface area contributed by atoms with Crippen molar-refractivity contribution in [3.8, 4) is 6.07 Å². The van der Waals surface area contributed by atoms with Crippen LogP contribution in [0.25, 0.3) is 0 Å². The number of para-hydroxylation sites is 1. The van der Waals surface area contributed by atoms with Gasteiger partial charge in [0, 0.05) is 44.8 Å². The maximum atomic E-state index is 12.8. The maximum absolute atomic E-state index is 12.8. The monoisotopic (exact) mass is 367 g/mol. The number of aromatic nitrogens is 1. The Morgan fingerprint density at radius 3 is 2.52 bits per heavy atom. The molecule has 3 rings (SSSR count). The molecule has 0 unspecified atom stereocenters. The normalized spacial score (nSPS) is 14.3. The summed E-state index contributed by atoms with van der Waals surface area (Å²) in [6.07, 6.45) is 0. The van der Waals surface area contributed by atoms with Gasteiger partial charge in [-0.15, -0.1) is 0 Å². The summed E-state index contributed by atoms with van der Waals surface area (Å²) in [5.74, 6) is 1.10. The number of piperazine rings is 1. The zero-order chi connectivity index (χ0) is 19.4. The van der Waals surface area contributed by atoms with Crippen molar-refractivity contribution in [2.75, 3.05) is 42.5 Å². The fourth-order valence-electron chi connectivity index (χ4n) is 3.30. The molecule has 1 amide bonds. The minimum Gasteiger partial charge on any atom is -0.424 e. The first kappa shape index (κ1) is 18.8. The lowest BCUT2D eigenvalue weighted by Crippen LogP contribution is -2.52. The van der Waals surface area contributed by atoms with Crippen molar-refractivity contribution in [3.05, 3.63) is 41.9 Å². The third-order valence-corrected chi connectivity index (χ3v) is 4.76. The van der Waals surface area contributed by atoms with Gasteiger partial charge < -0.3 is 19.1 Å². The van der Waals surface area contributed by atoms with Gasteiger partial charge in [0.1, 0.15) is 6.07 Å². The summed E-state index contributed by atoms with van der Waals surface area (Å²) in [6.45, 7) is 8.72. The predicted octanol–water partition coefficient (Wildman–Crippen LogP) is 2.42. The number of anilines is 2. The molecule has 7 nitrogen and oxygen atoms in total. The van der Waals surface area contributed by atoms with Crippen molar-refractivity contribution in [1.82, 2.24) is 9.88 Å². The van der Waals surface area contributed by atoms with Crippen LogP contribution in [-0.2, 0) is 4.79 Å². The number of hydrogen-bond acceptors (Lipinski definition) is 6. The Labute approximate surface area is 159 Å². The second kappa shape index (κ2) is 8.12. The van der Waals surface area contributed by atoms with Crippen LogP contribution in [0.15, 0.2) is 34.7 Å². The van der Waals surface area contributed by atoms with Crippen molar-refractivity contribution >= 4 is 17.5 Å². The Hall–Kier alpha value is -3.01. The van der Waals surface area contributed by atoms with Gasteiger partial charge in [-0.2, -0.15) is 5.26 Å². The SMILES string of the molecule is Cc1nc(C#N)c(N2CCN(C(=O)CN(c3ccccc3)C(C)C)CC2)o1. The Balaban J connectivity index is 1.62. The largest absolute Gasteiger partial charge is 0.424 e. The van der Waals surface area contributed by atoms with Crippen LogP contribution in [0.2, 0.25) is 0 Å². The van der Waals surface area contributed by atoms with Crippen LogP contribution in [-0.4, -0.2) is 54.6 Å². The number of carbonyl (C=O) groups excluding carboxylic acids is 1. The van der Waals surface area contributed by atoms with Gasteiger partial charge in [-0.3, -0.25) is 4.79 Å². The number of amides is 1. The van der Waals surface area contributed by atoms with E-state index in [4.69, 9.17) is 4.42 Å². The number of rotatable bonds is 5. The first-order valence-electron chi connectivity index (χ1n) is 9.21. The summed E-state index contributed by atoms with van der Waals surface area (Å²) in [7, 11) is 0. The number of aryl methyl sites for hydroxylation is 1. The molecular weight excluding hydrogens is 342 g/mol. The highest BCUT2D eigenvalue weighted by atomic mass is 16.4. The highest BCUT2D eigenvalue weighted by molar-refractivity contribution is 5.82. The van der Waals surface area contributed by atoms with Crippen LogP contribution in [0.5, 0.6) is 0 Å². The van der Waals surface area contributed by atoms with E-state index < -0.39 is 0 Å². The molecule has 0 aliphatic carbocycles. The zero-order valence-corrected chi connectivity index (χ0v) is 16.1. The lowest BCUT2D eigenvalue weighted by atomic mass is 10.2. The quantitative estimate of drug-likeness (QED) is 0.808. The highest BCUT2D eigenvalue weighted by Crippen LogP contribution is 2.23. The molecule has 7 heteroatoms. The van der Waals surface area contributed by atoms with Gasteiger partial charge in [0.25, 0.3) is 0 Å². The summed E-state index contributed by atoms with van der Waals surface area (Å²) in [6, 6.07) is 12.3. The van der Waals surface area contributed by atoms with Crippen LogP contribution in [0.1, 0.15) is 25.4 Å². The van der Waals surface area contributed by atoms with Crippen molar-refractivity contribution in [2.45, 2.75) is 26.8 Å². The molecule has 2 aromatic rings. The summed E-state index contributed by atoms with van der Waals surface area (Å²) < 4.78 is 5.58. The van der Waals surface area contributed by atoms with Gasteiger partial charge in [-0.1, -0.05) is 18.2 Å². The molecule has 2 heterocycles. The second-order valence-corrected chi connectivity index (χ2v) is 6.92. The van der Waals surface area contributed by atoms with Gasteiger partial charge in [0.05, 0.1) is 6.54 Å². The van der Waals surface area contributed by atoms with E-state index >= 15 is 0 Å². The fourth-order valence-corrected chi connectivity index (χ4v) is 3.30. The number of nitriles is 1. The number of oxazole rings is 1. The van der Waals surface area contributed by atoms with Crippen LogP contribution in [0.4, 0.5) is 11.6 Å². The van der Waals surface area contributed by atoms with Gasteiger partial charge in [-0.25, -0.2) is 4.98 Å². The maximum Gasteiger partial charge on any atom is 0.242 e. The second-order valence-electron chi connectivity index (χ2n) is 6.92. The first-order valence-corrected chi connectivity index (χ1v) is 9.21. The van der Waals surface area contributed by atoms with E-state index in [1.165, 1.54) is 0 Å². The van der Waals surface area contributed by atoms with Crippen molar-refractivity contribution in [3.63, 3.8) is 0 Å². The van der Waals surface area contributed by atoms with E-state index in [9.17, 15) is 10.1 Å². The summed E-state index contributed by atoms with van der Waals surface area (Å²) in [4.78, 5) is 22.9. The smallest absolute Gasteiger partial charge is 0.242 e. The van der Waals surface area contributed by atoms with Gasteiger partial charge in [0.15, 0.2) is 5.89 Å². The Kier molecular flexibility index (Phi) is 5.65. The van der Waals surface area contributed by atoms with Crippen LogP contribution in [0.3, 0.4) is 0 Å². The van der Waals surface area contributed by atoms with Gasteiger partial charge in [-0.05, 0) is 26.0 Å². The molecule has 1 aromatic heterocycles. The summed E-state index contributed by atoms with van der Waals surface area (Å²) in [5.41, 5.74) is 1.36. The van der Waals surface area contributed by atoms with E-state index in [0.29, 0.717) is 50.2 Å². The average molecular weight is 367 g/mol. The molecule has 27 heavy (non-hydrogen) atoms. The third-order valence-electron chi connectivity index (χ3n) is 4.76. The molecule has 1 aliphatic rings. The van der Waals surface area contributed by atoms with Crippen LogP contribution >= 0.6 is 0 Å². The molecule has 0 atom stereocenters. The summed E-state index contributed by atoms with van der Waals surface area (Å²) >= 11 is 0. The molecule has 0 N–H and O–H groups in total. The molecular formula is C20H25N5O2. The third kappa shape index (κ3) is 4.22. The number of benzene rings is 1. The molecule has 1 aromatic carbocycles. The molecule has 0 bridgehead atoms. The van der Waals surface area contributed by atoms with E-state index in [1.54, 1.807) is 6.92 Å². The summed E-state index contributed by atoms with van der Waals surface area (Å²) in [5, 5.41) is 9.19. The first-order chi connectivity index (χ1) is 13.0. The molecule has 142 valence electrons. The van der Waals surface area contributed by atoms with E-state index in [2.05, 4.69) is 29.8 Å². The number of carbonyl (C=O) groups is 1. The van der Waals surface area contributed by atoms with Crippen LogP contribution < -0.4 is 9.80 Å². The van der Waals surface area contributed by atoms with E-state index in [-0.39, 0.29) is 11.9 Å². The molecule has 1 fully saturated rings. The lowest BCUT2D eigenvalue weighted by Gasteiger charge is -2.36. The molecule has 0 spiro atoms. The lowest BCUT2D eigenvalue weighted by molar-refractivity contribution is -0.130. The Bertz CT molecular complexity index is 817. The predicted molar refractivity (Wildman–Crippen MR) is 104 cm³/mol. The minimum absolute atomic E-state index is 0.112. The Morgan fingerprint density at radius 2 is 1.93 bits per heavy atom. The van der Waals surface area contributed by atoms with Gasteiger partial charge in [0.2, 0.25) is 17.5 Å². The molecule has 1 saturated heterocycles. The molecule has 1 aliphatic heterocycles. The van der Waals surface area contributed by atoms with Gasteiger partial charge >= 0.3 is 0 Å². The average Bonchev–Trinajstić information content (AvgIpc) is 3.07.